The summed E-state index contributed by atoms with van der Waals surface area (Å²) in [7, 11) is 0. The van der Waals surface area contributed by atoms with Crippen LogP contribution in [-0.2, 0) is 16.0 Å². The number of aromatic nitrogens is 1. The minimum atomic E-state index is -0.362. The highest BCUT2D eigenvalue weighted by Gasteiger charge is 2.21. The number of anilines is 1. The average Bonchev–Trinajstić information content (AvgIpc) is 3.32. The maximum atomic E-state index is 12.0. The fourth-order valence-electron chi connectivity index (χ4n) is 3.17. The van der Waals surface area contributed by atoms with Crippen LogP contribution in [0.2, 0.25) is 0 Å². The summed E-state index contributed by atoms with van der Waals surface area (Å²) in [5.41, 5.74) is 0.620. The predicted molar refractivity (Wildman–Crippen MR) is 103 cm³/mol. The van der Waals surface area contributed by atoms with Crippen LogP contribution in [0.4, 0.5) is 5.13 Å². The van der Waals surface area contributed by atoms with E-state index in [0.29, 0.717) is 36.0 Å². The lowest BCUT2D eigenvalue weighted by atomic mass is 9.88. The van der Waals surface area contributed by atoms with Gasteiger partial charge in [0.2, 0.25) is 5.91 Å². The van der Waals surface area contributed by atoms with E-state index in [-0.39, 0.29) is 24.0 Å². The standard InChI is InChI=1S/C19H25N3O4S/c1-13-5-2-3-6-15(13)26-10-8-20-17(23)11-14-12-27-19(21-14)22-18(24)16-7-4-9-25-16/h4,7,9,12-13,15H,2-3,5-6,8,10-11H2,1H3,(H,20,23)(H,21,22,24)/t13-,15+/m1/s1. The monoisotopic (exact) mass is 391 g/mol. The maximum absolute atomic E-state index is 12.0. The van der Waals surface area contributed by atoms with Gasteiger partial charge in [0.1, 0.15) is 0 Å². The third kappa shape index (κ3) is 5.90. The number of hydrogen-bond acceptors (Lipinski definition) is 6. The molecule has 0 radical (unpaired) electrons. The molecule has 1 saturated carbocycles. The molecule has 2 atom stereocenters. The van der Waals surface area contributed by atoms with Crippen molar-refractivity contribution in [1.82, 2.24) is 10.3 Å². The molecule has 7 nitrogen and oxygen atoms in total. The third-order valence-electron chi connectivity index (χ3n) is 4.65. The van der Waals surface area contributed by atoms with Crippen molar-refractivity contribution in [3.8, 4) is 0 Å². The van der Waals surface area contributed by atoms with Crippen molar-refractivity contribution in [2.75, 3.05) is 18.5 Å². The molecule has 0 aromatic carbocycles. The van der Waals surface area contributed by atoms with Gasteiger partial charge >= 0.3 is 0 Å². The molecule has 1 aliphatic rings. The van der Waals surface area contributed by atoms with E-state index in [0.717, 1.165) is 6.42 Å². The summed E-state index contributed by atoms with van der Waals surface area (Å²) in [6.45, 7) is 3.25. The molecule has 8 heteroatoms. The molecule has 146 valence electrons. The van der Waals surface area contributed by atoms with Crippen molar-refractivity contribution in [3.63, 3.8) is 0 Å². The van der Waals surface area contributed by atoms with Crippen LogP contribution < -0.4 is 10.6 Å². The van der Waals surface area contributed by atoms with Crippen LogP contribution in [0.1, 0.15) is 48.9 Å². The number of carbonyl (C=O) groups excluding carboxylic acids is 2. The Labute approximate surface area is 162 Å². The van der Waals surface area contributed by atoms with Gasteiger partial charge in [-0.15, -0.1) is 11.3 Å². The van der Waals surface area contributed by atoms with Crippen LogP contribution in [0.15, 0.2) is 28.2 Å². The smallest absolute Gasteiger partial charge is 0.293 e. The number of nitrogens with zero attached hydrogens (tertiary/aromatic N) is 1. The molecule has 0 unspecified atom stereocenters. The largest absolute Gasteiger partial charge is 0.459 e. The highest BCUT2D eigenvalue weighted by molar-refractivity contribution is 7.14. The van der Waals surface area contributed by atoms with Crippen molar-refractivity contribution in [2.24, 2.45) is 5.92 Å². The predicted octanol–water partition coefficient (Wildman–Crippen LogP) is 3.24. The Morgan fingerprint density at radius 3 is 3.00 bits per heavy atom. The Morgan fingerprint density at radius 2 is 2.22 bits per heavy atom. The molecule has 2 heterocycles. The third-order valence-corrected chi connectivity index (χ3v) is 5.45. The van der Waals surface area contributed by atoms with E-state index in [2.05, 4.69) is 22.5 Å². The van der Waals surface area contributed by atoms with Crippen LogP contribution in [-0.4, -0.2) is 36.1 Å². The van der Waals surface area contributed by atoms with E-state index < -0.39 is 0 Å². The molecule has 1 fully saturated rings. The van der Waals surface area contributed by atoms with Gasteiger partial charge in [0.25, 0.3) is 5.91 Å². The Balaban J connectivity index is 1.36. The van der Waals surface area contributed by atoms with Crippen molar-refractivity contribution >= 4 is 28.3 Å². The lowest BCUT2D eigenvalue weighted by molar-refractivity contribution is -0.121. The second-order valence-corrected chi connectivity index (χ2v) is 7.63. The molecule has 2 aromatic heterocycles. The maximum Gasteiger partial charge on any atom is 0.293 e. The van der Waals surface area contributed by atoms with Crippen LogP contribution in [0, 0.1) is 5.92 Å². The summed E-state index contributed by atoms with van der Waals surface area (Å²) in [4.78, 5) is 28.2. The quantitative estimate of drug-likeness (QED) is 0.674. The number of amides is 2. The molecule has 2 N–H and O–H groups in total. The molecule has 0 saturated heterocycles. The van der Waals surface area contributed by atoms with E-state index in [1.165, 1.54) is 36.9 Å². The van der Waals surface area contributed by atoms with E-state index in [1.54, 1.807) is 17.5 Å². The first-order chi connectivity index (χ1) is 13.1. The van der Waals surface area contributed by atoms with Crippen LogP contribution >= 0.6 is 11.3 Å². The van der Waals surface area contributed by atoms with Gasteiger partial charge in [-0.05, 0) is 30.9 Å². The number of nitrogens with one attached hydrogen (secondary N) is 2. The van der Waals surface area contributed by atoms with E-state index in [9.17, 15) is 9.59 Å². The fraction of sp³-hybridized carbons (Fsp3) is 0.526. The van der Waals surface area contributed by atoms with Crippen molar-refractivity contribution < 1.29 is 18.7 Å². The average molecular weight is 391 g/mol. The SMILES string of the molecule is C[C@@H]1CCCC[C@@H]1OCCNC(=O)Cc1csc(NC(=O)c2ccco2)n1. The number of furan rings is 1. The Bertz CT molecular complexity index is 744. The summed E-state index contributed by atoms with van der Waals surface area (Å²) < 4.78 is 10.9. The summed E-state index contributed by atoms with van der Waals surface area (Å²) in [6, 6.07) is 3.22. The topological polar surface area (TPSA) is 93.5 Å². The summed E-state index contributed by atoms with van der Waals surface area (Å²) in [6.07, 6.45) is 6.77. The number of hydrogen-bond donors (Lipinski definition) is 2. The normalized spacial score (nSPS) is 19.6. The summed E-state index contributed by atoms with van der Waals surface area (Å²) in [5, 5.41) is 7.71. The lowest BCUT2D eigenvalue weighted by Crippen LogP contribution is -2.32. The van der Waals surface area contributed by atoms with Crippen molar-refractivity contribution in [2.45, 2.75) is 45.1 Å². The van der Waals surface area contributed by atoms with Gasteiger partial charge in [-0.1, -0.05) is 19.8 Å². The highest BCUT2D eigenvalue weighted by Crippen LogP contribution is 2.26. The first-order valence-electron chi connectivity index (χ1n) is 9.29. The molecular formula is C19H25N3O4S. The van der Waals surface area contributed by atoms with Gasteiger partial charge in [-0.3, -0.25) is 14.9 Å². The first-order valence-corrected chi connectivity index (χ1v) is 10.2. The Morgan fingerprint density at radius 1 is 1.37 bits per heavy atom. The second-order valence-electron chi connectivity index (χ2n) is 6.77. The molecule has 27 heavy (non-hydrogen) atoms. The second kappa shape index (κ2) is 9.66. The molecular weight excluding hydrogens is 366 g/mol. The zero-order chi connectivity index (χ0) is 19.1. The van der Waals surface area contributed by atoms with Crippen LogP contribution in [0.5, 0.6) is 0 Å². The number of rotatable bonds is 8. The van der Waals surface area contributed by atoms with Crippen LogP contribution in [0.25, 0.3) is 0 Å². The molecule has 0 bridgehead atoms. The minimum absolute atomic E-state index is 0.107. The van der Waals surface area contributed by atoms with E-state index in [1.807, 2.05) is 0 Å². The number of ether oxygens (including phenoxy) is 1. The Hall–Kier alpha value is -2.19. The zero-order valence-electron chi connectivity index (χ0n) is 15.4. The van der Waals surface area contributed by atoms with Gasteiger partial charge < -0.3 is 14.5 Å². The minimum Gasteiger partial charge on any atom is -0.459 e. The van der Waals surface area contributed by atoms with Gasteiger partial charge in [0, 0.05) is 11.9 Å². The van der Waals surface area contributed by atoms with Crippen molar-refractivity contribution in [3.05, 3.63) is 35.2 Å². The molecule has 2 aromatic rings. The summed E-state index contributed by atoms with van der Waals surface area (Å²) >= 11 is 1.28. The van der Waals surface area contributed by atoms with Gasteiger partial charge in [0.05, 0.1) is 31.1 Å². The van der Waals surface area contributed by atoms with Gasteiger partial charge in [-0.2, -0.15) is 0 Å². The van der Waals surface area contributed by atoms with Gasteiger partial charge in [-0.25, -0.2) is 4.98 Å². The number of thiazole rings is 1. The molecule has 2 amide bonds. The molecule has 0 spiro atoms. The molecule has 0 aliphatic heterocycles. The zero-order valence-corrected chi connectivity index (χ0v) is 16.2. The molecule has 3 rings (SSSR count). The van der Waals surface area contributed by atoms with E-state index >= 15 is 0 Å². The summed E-state index contributed by atoms with van der Waals surface area (Å²) in [5.74, 6) is 0.347. The molecule has 1 aliphatic carbocycles. The van der Waals surface area contributed by atoms with E-state index in [4.69, 9.17) is 9.15 Å². The first kappa shape index (κ1) is 19.6. The highest BCUT2D eigenvalue weighted by atomic mass is 32.1. The van der Waals surface area contributed by atoms with Crippen LogP contribution in [0.3, 0.4) is 0 Å². The lowest BCUT2D eigenvalue weighted by Gasteiger charge is -2.28. The fourth-order valence-corrected chi connectivity index (χ4v) is 3.87. The van der Waals surface area contributed by atoms with Gasteiger partial charge in [0.15, 0.2) is 10.9 Å². The van der Waals surface area contributed by atoms with Crippen molar-refractivity contribution in [1.29, 1.82) is 0 Å². The Kier molecular flexibility index (Phi) is 7.00. The number of carbonyl (C=O) groups is 2.